The Labute approximate surface area is 216 Å². The summed E-state index contributed by atoms with van der Waals surface area (Å²) in [5.41, 5.74) is 4.40. The fourth-order valence-corrected chi connectivity index (χ4v) is 5.04. The smallest absolute Gasteiger partial charge is 0.347 e. The molecule has 0 aliphatic heterocycles. The van der Waals surface area contributed by atoms with E-state index in [0.717, 1.165) is 14.6 Å². The van der Waals surface area contributed by atoms with E-state index in [0.29, 0.717) is 29.2 Å². The van der Waals surface area contributed by atoms with Gasteiger partial charge in [-0.05, 0) is 55.0 Å². The Hall–Kier alpha value is -3.89. The van der Waals surface area contributed by atoms with E-state index in [1.165, 1.54) is 25.1 Å². The summed E-state index contributed by atoms with van der Waals surface area (Å²) in [4.78, 5) is 29.4. The minimum absolute atomic E-state index is 0.194. The maximum absolute atomic E-state index is 12.7. The van der Waals surface area contributed by atoms with Crippen LogP contribution in [0.2, 0.25) is 0 Å². The minimum Gasteiger partial charge on any atom is -0.496 e. The van der Waals surface area contributed by atoms with Crippen LogP contribution in [-0.4, -0.2) is 42.5 Å². The Morgan fingerprint density at radius 2 is 1.86 bits per heavy atom. The maximum Gasteiger partial charge on any atom is 0.347 e. The predicted molar refractivity (Wildman–Crippen MR) is 142 cm³/mol. The molecule has 0 bridgehead atoms. The second-order valence-electron chi connectivity index (χ2n) is 7.26. The first-order valence-corrected chi connectivity index (χ1v) is 12.8. The SMILES string of the molecule is CCOc1cc(/C=N\NC(=O)CSc2nc3ccccc3s2)ccc1OC(=O)c1ccccc1OC. The number of aromatic nitrogens is 1. The zero-order valence-electron chi connectivity index (χ0n) is 19.6. The number of thiazole rings is 1. The quantitative estimate of drug-likeness (QED) is 0.101. The summed E-state index contributed by atoms with van der Waals surface area (Å²) in [6.07, 6.45) is 1.49. The van der Waals surface area contributed by atoms with Crippen molar-refractivity contribution in [2.75, 3.05) is 19.5 Å². The van der Waals surface area contributed by atoms with Crippen LogP contribution < -0.4 is 19.6 Å². The molecular formula is C26H23N3O5S2. The van der Waals surface area contributed by atoms with Crippen molar-refractivity contribution in [3.8, 4) is 17.2 Å². The summed E-state index contributed by atoms with van der Waals surface area (Å²) in [5.74, 6) is 0.444. The summed E-state index contributed by atoms with van der Waals surface area (Å²) in [6, 6.07) is 19.7. The number of ether oxygens (including phenoxy) is 3. The molecule has 4 rings (SSSR count). The second-order valence-corrected chi connectivity index (χ2v) is 9.51. The van der Waals surface area contributed by atoms with Crippen molar-refractivity contribution in [2.24, 2.45) is 5.10 Å². The number of hydrazone groups is 1. The number of fused-ring (bicyclic) bond motifs is 1. The Kier molecular flexibility index (Phi) is 8.53. The molecule has 36 heavy (non-hydrogen) atoms. The van der Waals surface area contributed by atoms with Crippen molar-refractivity contribution in [1.82, 2.24) is 10.4 Å². The maximum atomic E-state index is 12.7. The topological polar surface area (TPSA) is 99.1 Å². The highest BCUT2D eigenvalue weighted by Crippen LogP contribution is 2.30. The molecule has 10 heteroatoms. The molecular weight excluding hydrogens is 498 g/mol. The molecule has 1 aromatic heterocycles. The van der Waals surface area contributed by atoms with Gasteiger partial charge in [-0.3, -0.25) is 4.79 Å². The number of thioether (sulfide) groups is 1. The van der Waals surface area contributed by atoms with Crippen LogP contribution in [0.1, 0.15) is 22.8 Å². The summed E-state index contributed by atoms with van der Waals surface area (Å²) in [7, 11) is 1.49. The van der Waals surface area contributed by atoms with Crippen LogP contribution in [0.15, 0.2) is 76.2 Å². The molecule has 184 valence electrons. The van der Waals surface area contributed by atoms with Crippen LogP contribution in [0.25, 0.3) is 10.2 Å². The molecule has 0 spiro atoms. The first kappa shape index (κ1) is 25.2. The average molecular weight is 522 g/mol. The molecule has 0 fully saturated rings. The molecule has 8 nitrogen and oxygen atoms in total. The summed E-state index contributed by atoms with van der Waals surface area (Å²) < 4.78 is 18.3. The Morgan fingerprint density at radius 1 is 1.06 bits per heavy atom. The number of esters is 1. The lowest BCUT2D eigenvalue weighted by Crippen LogP contribution is -2.19. The molecule has 1 N–H and O–H groups in total. The van der Waals surface area contributed by atoms with E-state index >= 15 is 0 Å². The lowest BCUT2D eigenvalue weighted by Gasteiger charge is -2.12. The van der Waals surface area contributed by atoms with Gasteiger partial charge in [0.05, 0.1) is 35.9 Å². The van der Waals surface area contributed by atoms with Gasteiger partial charge in [0.15, 0.2) is 15.8 Å². The molecule has 1 amide bonds. The zero-order valence-corrected chi connectivity index (χ0v) is 21.2. The molecule has 0 unspecified atom stereocenters. The third-order valence-corrected chi connectivity index (χ3v) is 6.98. The van der Waals surface area contributed by atoms with Crippen molar-refractivity contribution >= 4 is 51.4 Å². The van der Waals surface area contributed by atoms with E-state index in [4.69, 9.17) is 14.2 Å². The van der Waals surface area contributed by atoms with Crippen LogP contribution in [-0.2, 0) is 4.79 Å². The number of benzene rings is 3. The number of hydrogen-bond donors (Lipinski definition) is 1. The monoisotopic (exact) mass is 521 g/mol. The Morgan fingerprint density at radius 3 is 2.67 bits per heavy atom. The number of rotatable bonds is 10. The van der Waals surface area contributed by atoms with Gasteiger partial charge in [0.25, 0.3) is 5.91 Å². The van der Waals surface area contributed by atoms with Crippen molar-refractivity contribution in [1.29, 1.82) is 0 Å². The zero-order chi connectivity index (χ0) is 25.3. The van der Waals surface area contributed by atoms with Gasteiger partial charge in [0.1, 0.15) is 11.3 Å². The van der Waals surface area contributed by atoms with Crippen molar-refractivity contribution in [3.05, 3.63) is 77.9 Å². The van der Waals surface area contributed by atoms with Gasteiger partial charge in [-0.1, -0.05) is 36.0 Å². The van der Waals surface area contributed by atoms with Crippen LogP contribution in [0.4, 0.5) is 0 Å². The molecule has 0 saturated heterocycles. The van der Waals surface area contributed by atoms with E-state index in [2.05, 4.69) is 15.5 Å². The summed E-state index contributed by atoms with van der Waals surface area (Å²) >= 11 is 2.91. The van der Waals surface area contributed by atoms with E-state index in [1.807, 2.05) is 31.2 Å². The lowest BCUT2D eigenvalue weighted by molar-refractivity contribution is -0.118. The Balaban J connectivity index is 1.36. The predicted octanol–water partition coefficient (Wildman–Crippen LogP) is 5.17. The van der Waals surface area contributed by atoms with Crippen molar-refractivity contribution < 1.29 is 23.8 Å². The van der Waals surface area contributed by atoms with Gasteiger partial charge in [-0.25, -0.2) is 15.2 Å². The molecule has 0 aliphatic carbocycles. The van der Waals surface area contributed by atoms with Gasteiger partial charge in [0.2, 0.25) is 0 Å². The van der Waals surface area contributed by atoms with Gasteiger partial charge in [-0.15, -0.1) is 11.3 Å². The number of methoxy groups -OCH3 is 1. The number of hydrogen-bond acceptors (Lipinski definition) is 9. The number of amides is 1. The number of carbonyl (C=O) groups excluding carboxylic acids is 2. The van der Waals surface area contributed by atoms with Gasteiger partial charge in [0, 0.05) is 0 Å². The minimum atomic E-state index is -0.562. The first-order chi connectivity index (χ1) is 17.6. The van der Waals surface area contributed by atoms with E-state index < -0.39 is 5.97 Å². The lowest BCUT2D eigenvalue weighted by atomic mass is 10.2. The van der Waals surface area contributed by atoms with Crippen LogP contribution >= 0.6 is 23.1 Å². The molecule has 3 aromatic carbocycles. The average Bonchev–Trinajstić information content (AvgIpc) is 3.32. The highest BCUT2D eigenvalue weighted by atomic mass is 32.2. The molecule has 0 saturated carbocycles. The highest BCUT2D eigenvalue weighted by Gasteiger charge is 2.17. The van der Waals surface area contributed by atoms with E-state index in [9.17, 15) is 9.59 Å². The normalized spacial score (nSPS) is 10.9. The molecule has 0 atom stereocenters. The fourth-order valence-electron chi connectivity index (χ4n) is 3.18. The number of carbonyl (C=O) groups is 2. The standard InChI is InChI=1S/C26H23N3O5S2/c1-3-33-22-14-17(12-13-21(22)34-25(31)18-8-4-6-10-20(18)32-2)15-27-29-24(30)16-35-26-28-19-9-5-7-11-23(19)36-26/h4-15H,3,16H2,1-2H3,(H,29,30)/b27-15-. The summed E-state index contributed by atoms with van der Waals surface area (Å²) in [5, 5.41) is 4.02. The van der Waals surface area contributed by atoms with Crippen LogP contribution in [0, 0.1) is 0 Å². The first-order valence-electron chi connectivity index (χ1n) is 11.0. The number of para-hydroxylation sites is 2. The van der Waals surface area contributed by atoms with Gasteiger partial charge < -0.3 is 14.2 Å². The highest BCUT2D eigenvalue weighted by molar-refractivity contribution is 8.01. The van der Waals surface area contributed by atoms with Gasteiger partial charge in [-0.2, -0.15) is 5.10 Å². The third-order valence-electron chi connectivity index (χ3n) is 4.80. The molecule has 0 aliphatic rings. The van der Waals surface area contributed by atoms with Crippen molar-refractivity contribution in [3.63, 3.8) is 0 Å². The van der Waals surface area contributed by atoms with Crippen LogP contribution in [0.5, 0.6) is 17.2 Å². The van der Waals surface area contributed by atoms with Crippen molar-refractivity contribution in [2.45, 2.75) is 11.3 Å². The number of nitrogens with zero attached hydrogens (tertiary/aromatic N) is 2. The van der Waals surface area contributed by atoms with Gasteiger partial charge >= 0.3 is 5.97 Å². The van der Waals surface area contributed by atoms with Crippen LogP contribution in [0.3, 0.4) is 0 Å². The fraction of sp³-hybridized carbons (Fsp3) is 0.154. The molecule has 4 aromatic rings. The third kappa shape index (κ3) is 6.41. The second kappa shape index (κ2) is 12.2. The largest absolute Gasteiger partial charge is 0.496 e. The van der Waals surface area contributed by atoms with E-state index in [-0.39, 0.29) is 17.4 Å². The molecule has 0 radical (unpaired) electrons. The summed E-state index contributed by atoms with van der Waals surface area (Å²) in [6.45, 7) is 2.20. The molecule has 1 heterocycles. The number of nitrogens with one attached hydrogen (secondary N) is 1. The Bertz CT molecular complexity index is 1370. The van der Waals surface area contributed by atoms with E-state index in [1.54, 1.807) is 53.8 Å².